The van der Waals surface area contributed by atoms with E-state index in [1.54, 1.807) is 27.7 Å². The van der Waals surface area contributed by atoms with Gasteiger partial charge in [0.05, 0.1) is 5.66 Å². The van der Waals surface area contributed by atoms with E-state index >= 15 is 0 Å². The van der Waals surface area contributed by atoms with Gasteiger partial charge in [-0.1, -0.05) is 13.8 Å². The van der Waals surface area contributed by atoms with Crippen LogP contribution in [0.2, 0.25) is 0 Å². The minimum absolute atomic E-state index is 0.0552. The Bertz CT molecular complexity index is 256. The topological polar surface area (TPSA) is 92.4 Å². The molecular weight excluding hydrogens is 208 g/mol. The molecule has 0 saturated heterocycles. The van der Waals surface area contributed by atoms with Crippen molar-refractivity contribution in [2.75, 3.05) is 0 Å². The second-order valence-corrected chi connectivity index (χ2v) is 4.92. The van der Waals surface area contributed by atoms with Crippen LogP contribution in [0.15, 0.2) is 0 Å². The summed E-state index contributed by atoms with van der Waals surface area (Å²) in [6.45, 7) is 6.98. The normalized spacial score (nSPS) is 13.9. The fourth-order valence-corrected chi connectivity index (χ4v) is 1.28. The second-order valence-electron chi connectivity index (χ2n) is 4.92. The highest BCUT2D eigenvalue weighted by Gasteiger charge is 2.24. The molecule has 16 heavy (non-hydrogen) atoms. The van der Waals surface area contributed by atoms with Crippen LogP contribution in [0.4, 0.5) is 0 Å². The van der Waals surface area contributed by atoms with E-state index in [1.165, 1.54) is 0 Å². The Morgan fingerprint density at radius 1 is 1.38 bits per heavy atom. The highest BCUT2D eigenvalue weighted by atomic mass is 16.4. The number of carbonyl (C=O) groups is 2. The van der Waals surface area contributed by atoms with Crippen LogP contribution in [0.1, 0.15) is 40.5 Å². The highest BCUT2D eigenvalue weighted by molar-refractivity contribution is 5.81. The summed E-state index contributed by atoms with van der Waals surface area (Å²) >= 11 is 0. The number of carboxylic acids is 1. The Labute approximate surface area is 96.4 Å². The molecule has 0 bridgehead atoms. The molecule has 0 saturated carbocycles. The molecule has 5 nitrogen and oxygen atoms in total. The predicted molar refractivity (Wildman–Crippen MR) is 61.9 cm³/mol. The van der Waals surface area contributed by atoms with Crippen molar-refractivity contribution in [3.05, 3.63) is 0 Å². The molecule has 0 amide bonds. The summed E-state index contributed by atoms with van der Waals surface area (Å²) in [6, 6.07) is -0.775. The lowest BCUT2D eigenvalue weighted by Gasteiger charge is -2.25. The van der Waals surface area contributed by atoms with Gasteiger partial charge >= 0.3 is 5.97 Å². The Morgan fingerprint density at radius 3 is 2.19 bits per heavy atom. The zero-order valence-electron chi connectivity index (χ0n) is 10.4. The minimum atomic E-state index is -0.977. The summed E-state index contributed by atoms with van der Waals surface area (Å²) in [6.07, 6.45) is 0.532. The van der Waals surface area contributed by atoms with Crippen LogP contribution in [-0.2, 0) is 9.59 Å². The summed E-state index contributed by atoms with van der Waals surface area (Å²) in [5.41, 5.74) is 4.92. The van der Waals surface area contributed by atoms with Gasteiger partial charge in [0.2, 0.25) is 0 Å². The first-order chi connectivity index (χ1) is 7.13. The maximum absolute atomic E-state index is 11.4. The molecule has 0 aliphatic heterocycles. The zero-order chi connectivity index (χ0) is 12.9. The summed E-state index contributed by atoms with van der Waals surface area (Å²) in [4.78, 5) is 22.3. The second kappa shape index (κ2) is 5.96. The molecule has 0 fully saturated rings. The smallest absolute Gasteiger partial charge is 0.320 e. The van der Waals surface area contributed by atoms with E-state index in [2.05, 4.69) is 5.32 Å². The summed E-state index contributed by atoms with van der Waals surface area (Å²) in [7, 11) is 0. The van der Waals surface area contributed by atoms with Crippen molar-refractivity contribution in [1.82, 2.24) is 5.32 Å². The van der Waals surface area contributed by atoms with E-state index in [0.717, 1.165) is 0 Å². The van der Waals surface area contributed by atoms with Crippen molar-refractivity contribution in [1.29, 1.82) is 0 Å². The number of ketones is 1. The standard InChI is InChI=1S/C11H22N2O3/c1-7(2)9(14)6-5-8(10(15)16)13-11(3,4)12/h7-8,13H,5-6,12H2,1-4H3,(H,15,16). The largest absolute Gasteiger partial charge is 0.480 e. The number of rotatable bonds is 7. The molecule has 0 spiro atoms. The molecule has 0 aliphatic carbocycles. The fraction of sp³-hybridized carbons (Fsp3) is 0.818. The minimum Gasteiger partial charge on any atom is -0.480 e. The van der Waals surface area contributed by atoms with Gasteiger partial charge in [0, 0.05) is 12.3 Å². The van der Waals surface area contributed by atoms with Crippen molar-refractivity contribution in [2.24, 2.45) is 11.7 Å². The number of carboxylic acid groups (broad SMARTS) is 1. The van der Waals surface area contributed by atoms with Gasteiger partial charge in [0.1, 0.15) is 11.8 Å². The SMILES string of the molecule is CC(C)C(=O)CCC(NC(C)(C)N)C(=O)O. The van der Waals surface area contributed by atoms with E-state index in [1.807, 2.05) is 0 Å². The van der Waals surface area contributed by atoms with Gasteiger partial charge in [-0.05, 0) is 20.3 Å². The van der Waals surface area contributed by atoms with Crippen LogP contribution >= 0.6 is 0 Å². The third-order valence-corrected chi connectivity index (χ3v) is 2.17. The molecule has 4 N–H and O–H groups in total. The molecule has 0 aliphatic rings. The maximum atomic E-state index is 11.4. The van der Waals surface area contributed by atoms with Crippen LogP contribution in [0, 0.1) is 5.92 Å². The molecule has 0 rings (SSSR count). The van der Waals surface area contributed by atoms with Gasteiger partial charge in [-0.2, -0.15) is 0 Å². The summed E-state index contributed by atoms with van der Waals surface area (Å²) < 4.78 is 0. The van der Waals surface area contributed by atoms with Crippen molar-refractivity contribution in [3.63, 3.8) is 0 Å². The van der Waals surface area contributed by atoms with Gasteiger partial charge in [-0.25, -0.2) is 0 Å². The van der Waals surface area contributed by atoms with Crippen LogP contribution in [0.5, 0.6) is 0 Å². The van der Waals surface area contributed by atoms with Crippen molar-refractivity contribution < 1.29 is 14.7 Å². The molecule has 0 heterocycles. The van der Waals surface area contributed by atoms with E-state index in [9.17, 15) is 9.59 Å². The molecule has 0 aromatic heterocycles. The third kappa shape index (κ3) is 6.53. The Kier molecular flexibility index (Phi) is 5.61. The van der Waals surface area contributed by atoms with Gasteiger partial charge in [0.25, 0.3) is 0 Å². The van der Waals surface area contributed by atoms with Crippen LogP contribution in [0.25, 0.3) is 0 Å². The zero-order valence-corrected chi connectivity index (χ0v) is 10.4. The molecule has 1 atom stereocenters. The lowest BCUT2D eigenvalue weighted by molar-refractivity contribution is -0.140. The molecule has 94 valence electrons. The van der Waals surface area contributed by atoms with Gasteiger partial charge in [0.15, 0.2) is 0 Å². The van der Waals surface area contributed by atoms with Crippen LogP contribution in [-0.4, -0.2) is 28.6 Å². The predicted octanol–water partition coefficient (Wildman–Crippen LogP) is 0.729. The van der Waals surface area contributed by atoms with E-state index in [4.69, 9.17) is 10.8 Å². The maximum Gasteiger partial charge on any atom is 0.320 e. The average molecular weight is 230 g/mol. The summed E-state index contributed by atoms with van der Waals surface area (Å²) in [5, 5.41) is 11.7. The van der Waals surface area contributed by atoms with Gasteiger partial charge in [-0.15, -0.1) is 0 Å². The lowest BCUT2D eigenvalue weighted by atomic mass is 10.0. The number of nitrogens with one attached hydrogen (secondary N) is 1. The van der Waals surface area contributed by atoms with Crippen molar-refractivity contribution >= 4 is 11.8 Å². The fourth-order valence-electron chi connectivity index (χ4n) is 1.28. The van der Waals surface area contributed by atoms with Crippen LogP contribution in [0.3, 0.4) is 0 Å². The summed E-state index contributed by atoms with van der Waals surface area (Å²) in [5.74, 6) is -0.960. The molecule has 0 aromatic carbocycles. The van der Waals surface area contributed by atoms with Crippen LogP contribution < -0.4 is 11.1 Å². The first-order valence-electron chi connectivity index (χ1n) is 5.45. The molecule has 5 heteroatoms. The Hall–Kier alpha value is -0.940. The van der Waals surface area contributed by atoms with Gasteiger partial charge < -0.3 is 10.8 Å². The Balaban J connectivity index is 4.26. The van der Waals surface area contributed by atoms with E-state index in [-0.39, 0.29) is 24.5 Å². The average Bonchev–Trinajstić information content (AvgIpc) is 2.09. The van der Waals surface area contributed by atoms with E-state index in [0.29, 0.717) is 0 Å². The van der Waals surface area contributed by atoms with Crippen molar-refractivity contribution in [2.45, 2.75) is 52.2 Å². The number of nitrogens with two attached hydrogens (primary N) is 1. The number of hydrogen-bond acceptors (Lipinski definition) is 4. The molecule has 1 unspecified atom stereocenters. The molecule has 0 aromatic rings. The monoisotopic (exact) mass is 230 g/mol. The number of hydrogen-bond donors (Lipinski definition) is 3. The quantitative estimate of drug-likeness (QED) is 0.561. The van der Waals surface area contributed by atoms with Crippen molar-refractivity contribution in [3.8, 4) is 0 Å². The highest BCUT2D eigenvalue weighted by Crippen LogP contribution is 2.07. The van der Waals surface area contributed by atoms with E-state index < -0.39 is 17.7 Å². The molecule has 0 radical (unpaired) electrons. The van der Waals surface area contributed by atoms with Gasteiger partial charge in [-0.3, -0.25) is 14.9 Å². The lowest BCUT2D eigenvalue weighted by Crippen LogP contribution is -2.55. The number of aliphatic carboxylic acids is 1. The number of carbonyl (C=O) groups excluding carboxylic acids is 1. The Morgan fingerprint density at radius 2 is 1.88 bits per heavy atom. The molecular formula is C11H22N2O3. The first kappa shape index (κ1) is 15.1. The first-order valence-corrected chi connectivity index (χ1v) is 5.45. The number of Topliss-reactive ketones (excluding diaryl/α,β-unsaturated/α-hetero) is 1. The third-order valence-electron chi connectivity index (χ3n) is 2.17.